The number of nitrogens with zero attached hydrogens (tertiary/aromatic N) is 2. The summed E-state index contributed by atoms with van der Waals surface area (Å²) < 4.78 is 0. The Morgan fingerprint density at radius 3 is 2.85 bits per heavy atom. The van der Waals surface area contributed by atoms with Crippen LogP contribution in [0.25, 0.3) is 0 Å². The quantitative estimate of drug-likeness (QED) is 0.844. The Morgan fingerprint density at radius 1 is 1.25 bits per heavy atom. The molecule has 0 saturated heterocycles. The molecule has 0 bridgehead atoms. The highest BCUT2D eigenvalue weighted by Crippen LogP contribution is 2.16. The van der Waals surface area contributed by atoms with Gasteiger partial charge in [-0.2, -0.15) is 5.10 Å². The molecule has 0 unspecified atom stereocenters. The number of hydrogen-bond donors (Lipinski definition) is 2. The number of hydrogen-bond acceptors (Lipinski definition) is 3. The zero-order valence-corrected chi connectivity index (χ0v) is 12.8. The average molecular weight is 327 g/mol. The Labute approximate surface area is 132 Å². The van der Waals surface area contributed by atoms with Crippen molar-refractivity contribution in [2.24, 2.45) is 0 Å². The highest BCUT2D eigenvalue weighted by atomic mass is 35.5. The third-order valence-corrected chi connectivity index (χ3v) is 3.28. The first-order valence-electron chi connectivity index (χ1n) is 5.91. The van der Waals surface area contributed by atoms with Gasteiger partial charge in [-0.1, -0.05) is 35.3 Å². The molecule has 104 valence electrons. The van der Waals surface area contributed by atoms with E-state index in [4.69, 9.17) is 35.4 Å². The van der Waals surface area contributed by atoms with E-state index in [1.54, 1.807) is 6.07 Å². The van der Waals surface area contributed by atoms with Gasteiger partial charge in [-0.15, -0.1) is 5.10 Å². The normalized spacial score (nSPS) is 10.1. The fourth-order valence-electron chi connectivity index (χ4n) is 1.57. The van der Waals surface area contributed by atoms with Crippen molar-refractivity contribution in [1.29, 1.82) is 0 Å². The van der Waals surface area contributed by atoms with Crippen molar-refractivity contribution >= 4 is 46.4 Å². The van der Waals surface area contributed by atoms with E-state index >= 15 is 0 Å². The fourth-order valence-corrected chi connectivity index (χ4v) is 2.12. The van der Waals surface area contributed by atoms with Crippen LogP contribution in [-0.2, 0) is 6.42 Å². The molecule has 0 fully saturated rings. The molecule has 0 saturated carbocycles. The van der Waals surface area contributed by atoms with E-state index in [1.165, 1.54) is 6.20 Å². The second-order valence-electron chi connectivity index (χ2n) is 3.99. The van der Waals surface area contributed by atoms with Crippen LogP contribution in [0.5, 0.6) is 0 Å². The van der Waals surface area contributed by atoms with Crippen molar-refractivity contribution in [2.45, 2.75) is 6.42 Å². The van der Waals surface area contributed by atoms with Gasteiger partial charge in [0, 0.05) is 11.6 Å². The molecule has 1 aromatic heterocycles. The monoisotopic (exact) mass is 326 g/mol. The van der Waals surface area contributed by atoms with Crippen LogP contribution in [0.3, 0.4) is 0 Å². The lowest BCUT2D eigenvalue weighted by Crippen LogP contribution is -2.30. The van der Waals surface area contributed by atoms with Gasteiger partial charge in [-0.05, 0) is 42.4 Å². The lowest BCUT2D eigenvalue weighted by Gasteiger charge is -2.10. The Balaban J connectivity index is 1.80. The SMILES string of the molecule is S=C(NCCc1cccc(Cl)c1)Nc1nnccc1Cl. The molecular weight excluding hydrogens is 315 g/mol. The second-order valence-corrected chi connectivity index (χ2v) is 5.24. The first kappa shape index (κ1) is 15.0. The minimum absolute atomic E-state index is 0.439. The molecule has 20 heavy (non-hydrogen) atoms. The molecule has 4 nitrogen and oxygen atoms in total. The van der Waals surface area contributed by atoms with Gasteiger partial charge < -0.3 is 10.6 Å². The summed E-state index contributed by atoms with van der Waals surface area (Å²) in [6.45, 7) is 0.685. The molecule has 0 radical (unpaired) electrons. The van der Waals surface area contributed by atoms with Crippen LogP contribution in [-0.4, -0.2) is 21.9 Å². The standard InChI is InChI=1S/C13H12Cl2N4S/c14-10-3-1-2-9(8-10)4-6-16-13(20)18-12-11(15)5-7-17-19-12/h1-3,5,7-8H,4,6H2,(H2,16,18,19,20). The number of benzene rings is 1. The highest BCUT2D eigenvalue weighted by molar-refractivity contribution is 7.80. The van der Waals surface area contributed by atoms with Crippen molar-refractivity contribution in [3.8, 4) is 0 Å². The smallest absolute Gasteiger partial charge is 0.173 e. The maximum atomic E-state index is 5.95. The van der Waals surface area contributed by atoms with Crippen LogP contribution in [0.4, 0.5) is 5.82 Å². The molecule has 0 aliphatic heterocycles. The summed E-state index contributed by atoms with van der Waals surface area (Å²) in [5.74, 6) is 0.439. The van der Waals surface area contributed by atoms with Crippen molar-refractivity contribution in [2.75, 3.05) is 11.9 Å². The molecule has 2 rings (SSSR count). The largest absolute Gasteiger partial charge is 0.362 e. The van der Waals surface area contributed by atoms with E-state index in [9.17, 15) is 0 Å². The van der Waals surface area contributed by atoms with E-state index in [0.717, 1.165) is 17.0 Å². The average Bonchev–Trinajstić information content (AvgIpc) is 2.41. The van der Waals surface area contributed by atoms with Crippen LogP contribution in [0.15, 0.2) is 36.5 Å². The number of halogens is 2. The molecule has 2 aromatic rings. The number of anilines is 1. The predicted octanol–water partition coefficient (Wildman–Crippen LogP) is 3.31. The zero-order valence-electron chi connectivity index (χ0n) is 10.4. The van der Waals surface area contributed by atoms with Crippen LogP contribution in [0.1, 0.15) is 5.56 Å². The Morgan fingerprint density at radius 2 is 2.10 bits per heavy atom. The Bertz CT molecular complexity index is 606. The van der Waals surface area contributed by atoms with E-state index in [-0.39, 0.29) is 0 Å². The van der Waals surface area contributed by atoms with Crippen LogP contribution >= 0.6 is 35.4 Å². The van der Waals surface area contributed by atoms with Gasteiger partial charge in [0.05, 0.1) is 11.2 Å². The van der Waals surface area contributed by atoms with Gasteiger partial charge in [-0.25, -0.2) is 0 Å². The molecule has 0 aliphatic carbocycles. The van der Waals surface area contributed by atoms with Gasteiger partial charge in [0.1, 0.15) is 0 Å². The predicted molar refractivity (Wildman–Crippen MR) is 86.4 cm³/mol. The van der Waals surface area contributed by atoms with E-state index in [1.807, 2.05) is 24.3 Å². The Kier molecular flexibility index (Phi) is 5.52. The van der Waals surface area contributed by atoms with E-state index in [2.05, 4.69) is 20.8 Å². The summed E-state index contributed by atoms with van der Waals surface area (Å²) >= 11 is 17.0. The minimum Gasteiger partial charge on any atom is -0.362 e. The van der Waals surface area contributed by atoms with Crippen LogP contribution in [0, 0.1) is 0 Å². The van der Waals surface area contributed by atoms with E-state index < -0.39 is 0 Å². The Hall–Kier alpha value is -1.43. The van der Waals surface area contributed by atoms with Gasteiger partial charge >= 0.3 is 0 Å². The number of thiocarbonyl (C=S) groups is 1. The first-order valence-corrected chi connectivity index (χ1v) is 7.08. The van der Waals surface area contributed by atoms with Gasteiger partial charge in [0.25, 0.3) is 0 Å². The van der Waals surface area contributed by atoms with Crippen LogP contribution < -0.4 is 10.6 Å². The molecule has 0 spiro atoms. The number of aromatic nitrogens is 2. The second kappa shape index (κ2) is 7.38. The molecule has 1 heterocycles. The number of nitrogens with one attached hydrogen (secondary N) is 2. The van der Waals surface area contributed by atoms with Crippen molar-refractivity contribution in [3.63, 3.8) is 0 Å². The zero-order chi connectivity index (χ0) is 14.4. The van der Waals surface area contributed by atoms with Gasteiger partial charge in [0.2, 0.25) is 0 Å². The lowest BCUT2D eigenvalue weighted by atomic mass is 10.1. The third kappa shape index (κ3) is 4.59. The first-order chi connectivity index (χ1) is 9.65. The van der Waals surface area contributed by atoms with Gasteiger partial charge in [-0.3, -0.25) is 0 Å². The highest BCUT2D eigenvalue weighted by Gasteiger charge is 2.03. The van der Waals surface area contributed by atoms with Crippen molar-refractivity contribution in [3.05, 3.63) is 52.1 Å². The summed E-state index contributed by atoms with van der Waals surface area (Å²) in [5, 5.41) is 15.2. The molecule has 0 amide bonds. The minimum atomic E-state index is 0.439. The summed E-state index contributed by atoms with van der Waals surface area (Å²) in [4.78, 5) is 0. The molecule has 0 aliphatic rings. The maximum absolute atomic E-state index is 5.95. The maximum Gasteiger partial charge on any atom is 0.173 e. The third-order valence-electron chi connectivity index (χ3n) is 2.49. The van der Waals surface area contributed by atoms with E-state index in [0.29, 0.717) is 22.5 Å². The van der Waals surface area contributed by atoms with Crippen molar-refractivity contribution in [1.82, 2.24) is 15.5 Å². The molecule has 1 aromatic carbocycles. The molecule has 0 atom stereocenters. The van der Waals surface area contributed by atoms with Gasteiger partial charge in [0.15, 0.2) is 10.9 Å². The molecule has 2 N–H and O–H groups in total. The summed E-state index contributed by atoms with van der Waals surface area (Å²) in [6.07, 6.45) is 2.33. The topological polar surface area (TPSA) is 49.8 Å². The fraction of sp³-hybridized carbons (Fsp3) is 0.154. The molecule has 7 heteroatoms. The number of rotatable bonds is 4. The molecular formula is C13H12Cl2N4S. The van der Waals surface area contributed by atoms with Crippen molar-refractivity contribution < 1.29 is 0 Å². The summed E-state index contributed by atoms with van der Waals surface area (Å²) in [7, 11) is 0. The lowest BCUT2D eigenvalue weighted by molar-refractivity contribution is 0.872. The summed E-state index contributed by atoms with van der Waals surface area (Å²) in [6, 6.07) is 9.36. The summed E-state index contributed by atoms with van der Waals surface area (Å²) in [5.41, 5.74) is 1.14. The van der Waals surface area contributed by atoms with Crippen LogP contribution in [0.2, 0.25) is 10.0 Å².